The van der Waals surface area contributed by atoms with E-state index in [0.29, 0.717) is 53.4 Å². The summed E-state index contributed by atoms with van der Waals surface area (Å²) in [5, 5.41) is 6.24. The molecule has 2 aliphatic rings. The maximum absolute atomic E-state index is 13.1. The average molecular weight is 559 g/mol. The molecule has 216 valence electrons. The van der Waals surface area contributed by atoms with Crippen molar-refractivity contribution in [2.75, 3.05) is 32.8 Å². The van der Waals surface area contributed by atoms with Gasteiger partial charge < -0.3 is 29.7 Å². The Kier molecular flexibility index (Phi) is 8.61. The molecular weight excluding hydrogens is 520 g/mol. The Labute approximate surface area is 241 Å². The maximum Gasteiger partial charge on any atom is 0.252 e. The fourth-order valence-electron chi connectivity index (χ4n) is 6.15. The number of anilines is 1. The summed E-state index contributed by atoms with van der Waals surface area (Å²) < 4.78 is 16.0. The van der Waals surface area contributed by atoms with Crippen molar-refractivity contribution < 1.29 is 23.8 Å². The highest BCUT2D eigenvalue weighted by Crippen LogP contribution is 2.38. The SMILES string of the molecule is COc1ccc(CCNC(=O)c2ccc(N3[C@@H]4CC[C@H]3C[C@@H](NC(=O)c3cccc(OC)c3C)C4)nc2)cc1OC. The first-order chi connectivity index (χ1) is 19.9. The summed E-state index contributed by atoms with van der Waals surface area (Å²) in [6.45, 7) is 2.41. The van der Waals surface area contributed by atoms with Crippen molar-refractivity contribution in [3.8, 4) is 17.2 Å². The Morgan fingerprint density at radius 3 is 2.29 bits per heavy atom. The number of amides is 2. The third-order valence-corrected chi connectivity index (χ3v) is 8.24. The topological polar surface area (TPSA) is 102 Å². The molecule has 2 saturated heterocycles. The van der Waals surface area contributed by atoms with E-state index in [-0.39, 0.29) is 17.9 Å². The number of ether oxygens (including phenoxy) is 3. The predicted molar refractivity (Wildman–Crippen MR) is 157 cm³/mol. The van der Waals surface area contributed by atoms with Crippen LogP contribution in [0.25, 0.3) is 0 Å². The first kappa shape index (κ1) is 28.3. The van der Waals surface area contributed by atoms with Crippen LogP contribution >= 0.6 is 0 Å². The Balaban J connectivity index is 1.15. The first-order valence-corrected chi connectivity index (χ1v) is 14.1. The van der Waals surface area contributed by atoms with Crippen molar-refractivity contribution >= 4 is 17.6 Å². The highest BCUT2D eigenvalue weighted by molar-refractivity contribution is 5.96. The molecule has 0 saturated carbocycles. The molecule has 0 aliphatic carbocycles. The van der Waals surface area contributed by atoms with Crippen LogP contribution in [0.1, 0.15) is 57.5 Å². The highest BCUT2D eigenvalue weighted by Gasteiger charge is 2.42. The minimum absolute atomic E-state index is 0.0566. The zero-order valence-corrected chi connectivity index (χ0v) is 24.1. The summed E-state index contributed by atoms with van der Waals surface area (Å²) in [5.41, 5.74) is 3.08. The number of hydrogen-bond donors (Lipinski definition) is 2. The fourth-order valence-corrected chi connectivity index (χ4v) is 6.15. The number of piperidine rings is 1. The molecule has 0 radical (unpaired) electrons. The van der Waals surface area contributed by atoms with Gasteiger partial charge in [0.05, 0.1) is 26.9 Å². The van der Waals surface area contributed by atoms with Crippen molar-refractivity contribution in [1.29, 1.82) is 0 Å². The molecule has 0 spiro atoms. The van der Waals surface area contributed by atoms with Gasteiger partial charge >= 0.3 is 0 Å². The molecule has 41 heavy (non-hydrogen) atoms. The monoisotopic (exact) mass is 558 g/mol. The molecule has 3 heterocycles. The van der Waals surface area contributed by atoms with Crippen molar-refractivity contribution in [1.82, 2.24) is 15.6 Å². The summed E-state index contributed by atoms with van der Waals surface area (Å²) >= 11 is 0. The standard InChI is InChI=1S/C32H38N4O5/c1-20-26(6-5-7-27(20)39-2)32(38)35-23-17-24-10-11-25(18-23)36(24)30-13-9-22(19-34-30)31(37)33-15-14-21-8-12-28(40-3)29(16-21)41-4/h5-9,12-13,16,19,23-25H,10-11,14-15,17-18H2,1-4H3,(H,33,37)(H,35,38)/t23-,24+,25-. The number of nitrogens with zero attached hydrogens (tertiary/aromatic N) is 2. The van der Waals surface area contributed by atoms with Crippen LogP contribution in [0.5, 0.6) is 17.2 Å². The third kappa shape index (κ3) is 6.09. The van der Waals surface area contributed by atoms with Gasteiger partial charge in [-0.3, -0.25) is 9.59 Å². The lowest BCUT2D eigenvalue weighted by molar-refractivity contribution is 0.0924. The maximum atomic E-state index is 13.1. The van der Waals surface area contributed by atoms with Crippen LogP contribution in [0.3, 0.4) is 0 Å². The highest BCUT2D eigenvalue weighted by atomic mass is 16.5. The average Bonchev–Trinajstić information content (AvgIpc) is 3.26. The first-order valence-electron chi connectivity index (χ1n) is 14.1. The molecule has 3 aromatic rings. The van der Waals surface area contributed by atoms with Crippen LogP contribution in [-0.4, -0.2) is 62.8 Å². The Hall–Kier alpha value is -4.27. The zero-order chi connectivity index (χ0) is 28.9. The number of fused-ring (bicyclic) bond motifs is 2. The van der Waals surface area contributed by atoms with E-state index in [2.05, 4.69) is 20.5 Å². The van der Waals surface area contributed by atoms with Gasteiger partial charge in [0.15, 0.2) is 11.5 Å². The Morgan fingerprint density at radius 1 is 0.902 bits per heavy atom. The van der Waals surface area contributed by atoms with Crippen LogP contribution < -0.4 is 29.7 Å². The zero-order valence-electron chi connectivity index (χ0n) is 24.1. The Morgan fingerprint density at radius 2 is 1.63 bits per heavy atom. The molecule has 2 aromatic carbocycles. The number of rotatable bonds is 10. The number of pyridine rings is 1. The van der Waals surface area contributed by atoms with Gasteiger partial charge in [0.2, 0.25) is 0 Å². The van der Waals surface area contributed by atoms with E-state index in [9.17, 15) is 9.59 Å². The minimum atomic E-state index is -0.151. The van der Waals surface area contributed by atoms with Gasteiger partial charge in [0.1, 0.15) is 11.6 Å². The van der Waals surface area contributed by atoms with Gasteiger partial charge in [-0.25, -0.2) is 4.98 Å². The molecule has 2 fully saturated rings. The molecule has 5 rings (SSSR count). The van der Waals surface area contributed by atoms with E-state index in [4.69, 9.17) is 14.2 Å². The van der Waals surface area contributed by atoms with Crippen molar-refractivity contribution in [3.05, 3.63) is 77.0 Å². The van der Waals surface area contributed by atoms with E-state index in [0.717, 1.165) is 42.6 Å². The van der Waals surface area contributed by atoms with Crippen LogP contribution in [0.2, 0.25) is 0 Å². The fraction of sp³-hybridized carbons (Fsp3) is 0.406. The number of carbonyl (C=O) groups is 2. The van der Waals surface area contributed by atoms with Crippen molar-refractivity contribution in [2.24, 2.45) is 0 Å². The predicted octanol–water partition coefficient (Wildman–Crippen LogP) is 4.32. The van der Waals surface area contributed by atoms with Gasteiger partial charge in [0.25, 0.3) is 11.8 Å². The molecule has 9 heteroatoms. The summed E-state index contributed by atoms with van der Waals surface area (Å²) in [5.74, 6) is 2.74. The molecular formula is C32H38N4O5. The molecule has 2 aliphatic heterocycles. The number of methoxy groups -OCH3 is 3. The van der Waals surface area contributed by atoms with Gasteiger partial charge in [0, 0.05) is 42.0 Å². The molecule has 2 amide bonds. The molecule has 9 nitrogen and oxygen atoms in total. The lowest BCUT2D eigenvalue weighted by Crippen LogP contribution is -2.50. The number of benzene rings is 2. The second-order valence-corrected chi connectivity index (χ2v) is 10.7. The minimum Gasteiger partial charge on any atom is -0.496 e. The molecule has 0 unspecified atom stereocenters. The van der Waals surface area contributed by atoms with Gasteiger partial charge in [-0.1, -0.05) is 12.1 Å². The molecule has 3 atom stereocenters. The largest absolute Gasteiger partial charge is 0.496 e. The summed E-state index contributed by atoms with van der Waals surface area (Å²) in [7, 11) is 4.83. The van der Waals surface area contributed by atoms with Crippen LogP contribution in [0.4, 0.5) is 5.82 Å². The number of carbonyl (C=O) groups excluding carboxylic acids is 2. The van der Waals surface area contributed by atoms with E-state index in [1.807, 2.05) is 55.5 Å². The third-order valence-electron chi connectivity index (χ3n) is 8.24. The number of hydrogen-bond acceptors (Lipinski definition) is 7. The Bertz CT molecular complexity index is 1380. The smallest absolute Gasteiger partial charge is 0.252 e. The summed E-state index contributed by atoms with van der Waals surface area (Å²) in [4.78, 5) is 32.9. The summed E-state index contributed by atoms with van der Waals surface area (Å²) in [6.07, 6.45) is 6.19. The lowest BCUT2D eigenvalue weighted by Gasteiger charge is -2.40. The van der Waals surface area contributed by atoms with Crippen LogP contribution in [-0.2, 0) is 6.42 Å². The van der Waals surface area contributed by atoms with E-state index < -0.39 is 0 Å². The van der Waals surface area contributed by atoms with Gasteiger partial charge in [-0.15, -0.1) is 0 Å². The van der Waals surface area contributed by atoms with Crippen LogP contribution in [0, 0.1) is 6.92 Å². The second kappa shape index (κ2) is 12.5. The second-order valence-electron chi connectivity index (χ2n) is 10.7. The number of aromatic nitrogens is 1. The van der Waals surface area contributed by atoms with Crippen molar-refractivity contribution in [3.63, 3.8) is 0 Å². The summed E-state index contributed by atoms with van der Waals surface area (Å²) in [6, 6.07) is 15.8. The van der Waals surface area contributed by atoms with E-state index in [1.54, 1.807) is 27.5 Å². The lowest BCUT2D eigenvalue weighted by atomic mass is 9.96. The molecule has 1 aromatic heterocycles. The van der Waals surface area contributed by atoms with Crippen molar-refractivity contribution in [2.45, 2.75) is 57.2 Å². The normalized spacial score (nSPS) is 19.4. The molecule has 2 bridgehead atoms. The van der Waals surface area contributed by atoms with Gasteiger partial charge in [-0.05, 0) is 81.0 Å². The van der Waals surface area contributed by atoms with E-state index >= 15 is 0 Å². The molecule has 2 N–H and O–H groups in total. The number of nitrogens with one attached hydrogen (secondary N) is 2. The quantitative estimate of drug-likeness (QED) is 0.382. The van der Waals surface area contributed by atoms with Gasteiger partial charge in [-0.2, -0.15) is 0 Å². The van der Waals surface area contributed by atoms with E-state index in [1.165, 1.54) is 0 Å². The van der Waals surface area contributed by atoms with Crippen LogP contribution in [0.15, 0.2) is 54.7 Å².